The van der Waals surface area contributed by atoms with Gasteiger partial charge in [-0.3, -0.25) is 4.90 Å². The molecule has 4 heteroatoms. The summed E-state index contributed by atoms with van der Waals surface area (Å²) in [7, 11) is 0. The van der Waals surface area contributed by atoms with Crippen LogP contribution in [0.1, 0.15) is 30.4 Å². The van der Waals surface area contributed by atoms with Crippen LogP contribution in [0.2, 0.25) is 0 Å². The van der Waals surface area contributed by atoms with Crippen molar-refractivity contribution < 1.29 is 14.3 Å². The molecule has 0 N–H and O–H groups in total. The van der Waals surface area contributed by atoms with Gasteiger partial charge in [0.05, 0.1) is 6.04 Å². The molecule has 0 saturated carbocycles. The first kappa shape index (κ1) is 19.4. The van der Waals surface area contributed by atoms with Gasteiger partial charge in [0.1, 0.15) is 18.1 Å². The Kier molecular flexibility index (Phi) is 5.44. The molecule has 2 unspecified atom stereocenters. The number of para-hydroxylation sites is 2. The largest absolute Gasteiger partial charge is 0.457 e. The fourth-order valence-electron chi connectivity index (χ4n) is 4.54. The van der Waals surface area contributed by atoms with Gasteiger partial charge < -0.3 is 9.47 Å². The molecule has 1 amide bonds. The molecule has 3 aromatic rings. The van der Waals surface area contributed by atoms with Gasteiger partial charge in [-0.2, -0.15) is 0 Å². The number of amides is 1. The van der Waals surface area contributed by atoms with Gasteiger partial charge in [-0.05, 0) is 48.6 Å². The van der Waals surface area contributed by atoms with Gasteiger partial charge in [-0.15, -0.1) is 0 Å². The van der Waals surface area contributed by atoms with Gasteiger partial charge in [-0.1, -0.05) is 72.8 Å². The van der Waals surface area contributed by atoms with E-state index in [4.69, 9.17) is 9.47 Å². The van der Waals surface area contributed by atoms with Crippen LogP contribution in [0.4, 0.5) is 4.79 Å². The minimum atomic E-state index is -0.222. The quantitative estimate of drug-likeness (QED) is 0.485. The van der Waals surface area contributed by atoms with Crippen LogP contribution in [-0.4, -0.2) is 23.1 Å². The van der Waals surface area contributed by atoms with Crippen molar-refractivity contribution in [2.75, 3.05) is 0 Å². The molecule has 2 aliphatic heterocycles. The predicted molar refractivity (Wildman–Crippen MR) is 121 cm³/mol. The Morgan fingerprint density at radius 1 is 0.871 bits per heavy atom. The van der Waals surface area contributed by atoms with Crippen LogP contribution in [0, 0.1) is 0 Å². The van der Waals surface area contributed by atoms with Crippen LogP contribution in [0.5, 0.6) is 11.5 Å². The molecule has 2 bridgehead atoms. The number of hydrogen-bond acceptors (Lipinski definition) is 3. The number of benzene rings is 3. The Labute approximate surface area is 182 Å². The van der Waals surface area contributed by atoms with Crippen molar-refractivity contribution in [3.8, 4) is 11.5 Å². The molecular formula is C27H25NO3. The summed E-state index contributed by atoms with van der Waals surface area (Å²) in [5.41, 5.74) is 3.34. The second-order valence-electron chi connectivity index (χ2n) is 8.05. The molecule has 0 spiro atoms. The maximum atomic E-state index is 12.8. The van der Waals surface area contributed by atoms with E-state index in [-0.39, 0.29) is 18.2 Å². The normalized spacial score (nSPS) is 19.6. The van der Waals surface area contributed by atoms with Crippen LogP contribution < -0.4 is 4.74 Å². The van der Waals surface area contributed by atoms with Crippen LogP contribution in [0.3, 0.4) is 0 Å². The van der Waals surface area contributed by atoms with E-state index in [9.17, 15) is 4.79 Å². The Morgan fingerprint density at radius 2 is 1.58 bits per heavy atom. The summed E-state index contributed by atoms with van der Waals surface area (Å²) in [5.74, 6) is 1.67. The minimum absolute atomic E-state index is 0.0711. The summed E-state index contributed by atoms with van der Waals surface area (Å²) >= 11 is 0. The molecule has 31 heavy (non-hydrogen) atoms. The molecule has 1 saturated heterocycles. The minimum Gasteiger partial charge on any atom is -0.457 e. The first-order chi connectivity index (χ1) is 15.3. The first-order valence-electron chi connectivity index (χ1n) is 10.8. The second kappa shape index (κ2) is 8.68. The highest BCUT2D eigenvalue weighted by Gasteiger charge is 2.41. The second-order valence-corrected chi connectivity index (χ2v) is 8.05. The zero-order valence-corrected chi connectivity index (χ0v) is 17.3. The smallest absolute Gasteiger partial charge is 0.410 e. The Hall–Kier alpha value is -3.53. The topological polar surface area (TPSA) is 38.8 Å². The van der Waals surface area contributed by atoms with Gasteiger partial charge >= 0.3 is 6.09 Å². The number of nitrogens with zero attached hydrogens (tertiary/aromatic N) is 1. The van der Waals surface area contributed by atoms with Crippen molar-refractivity contribution in [3.05, 3.63) is 102 Å². The zero-order valence-electron chi connectivity index (χ0n) is 17.3. The first-order valence-corrected chi connectivity index (χ1v) is 10.8. The van der Waals surface area contributed by atoms with Crippen LogP contribution in [0.25, 0.3) is 5.57 Å². The lowest BCUT2D eigenvalue weighted by molar-refractivity contribution is 0.0832. The van der Waals surface area contributed by atoms with Crippen molar-refractivity contribution in [1.82, 2.24) is 4.90 Å². The number of fused-ring (bicyclic) bond motifs is 2. The summed E-state index contributed by atoms with van der Waals surface area (Å²) < 4.78 is 11.8. The zero-order chi connectivity index (χ0) is 21.0. The number of ether oxygens (including phenoxy) is 2. The average Bonchev–Trinajstić information content (AvgIpc) is 3.09. The number of carbonyl (C=O) groups is 1. The average molecular weight is 412 g/mol. The van der Waals surface area contributed by atoms with E-state index < -0.39 is 0 Å². The Bertz CT molecular complexity index is 1080. The molecule has 4 nitrogen and oxygen atoms in total. The van der Waals surface area contributed by atoms with E-state index in [1.807, 2.05) is 83.8 Å². The van der Waals surface area contributed by atoms with E-state index >= 15 is 0 Å². The number of rotatable bonds is 5. The van der Waals surface area contributed by atoms with E-state index in [2.05, 4.69) is 12.1 Å². The van der Waals surface area contributed by atoms with Crippen molar-refractivity contribution >= 4 is 11.7 Å². The lowest BCUT2D eigenvalue weighted by Crippen LogP contribution is -2.43. The molecule has 0 aliphatic carbocycles. The molecule has 0 aromatic heterocycles. The molecule has 2 atom stereocenters. The van der Waals surface area contributed by atoms with Crippen molar-refractivity contribution in [3.63, 3.8) is 0 Å². The van der Waals surface area contributed by atoms with E-state index in [1.165, 1.54) is 5.57 Å². The molecule has 5 rings (SSSR count). The summed E-state index contributed by atoms with van der Waals surface area (Å²) in [6.45, 7) is 0.305. The monoisotopic (exact) mass is 411 g/mol. The number of hydrogen-bond donors (Lipinski definition) is 0. The van der Waals surface area contributed by atoms with Crippen molar-refractivity contribution in [1.29, 1.82) is 0 Å². The van der Waals surface area contributed by atoms with Crippen LogP contribution in [-0.2, 0) is 11.3 Å². The van der Waals surface area contributed by atoms with Gasteiger partial charge in [0.15, 0.2) is 0 Å². The van der Waals surface area contributed by atoms with E-state index in [0.29, 0.717) is 6.61 Å². The summed E-state index contributed by atoms with van der Waals surface area (Å²) in [6.07, 6.45) is 4.77. The fraction of sp³-hybridized carbons (Fsp3) is 0.222. The SMILES string of the molecule is O=C(OCc1ccccc1)N1C2C=C(c3ccccc3Oc3ccccc3)CC1CC2. The Morgan fingerprint density at radius 3 is 2.35 bits per heavy atom. The third-order valence-corrected chi connectivity index (χ3v) is 6.02. The fourth-order valence-corrected chi connectivity index (χ4v) is 4.54. The van der Waals surface area contributed by atoms with Crippen LogP contribution in [0.15, 0.2) is 91.0 Å². The third kappa shape index (κ3) is 4.19. The Balaban J connectivity index is 1.33. The van der Waals surface area contributed by atoms with Crippen molar-refractivity contribution in [2.45, 2.75) is 38.0 Å². The number of carbonyl (C=O) groups excluding carboxylic acids is 1. The highest BCUT2D eigenvalue weighted by atomic mass is 16.6. The third-order valence-electron chi connectivity index (χ3n) is 6.02. The van der Waals surface area contributed by atoms with E-state index in [1.54, 1.807) is 0 Å². The standard InChI is InChI=1S/C27H25NO3/c29-27(30-19-20-9-3-1-4-10-20)28-22-15-16-23(28)18-21(17-22)25-13-7-8-14-26(25)31-24-11-5-2-6-12-24/h1-14,17,22-23H,15-16,18-19H2. The lowest BCUT2D eigenvalue weighted by Gasteiger charge is -2.33. The van der Waals surface area contributed by atoms with Crippen LogP contribution >= 0.6 is 0 Å². The maximum absolute atomic E-state index is 12.8. The highest BCUT2D eigenvalue weighted by molar-refractivity contribution is 5.77. The molecule has 3 aromatic carbocycles. The van der Waals surface area contributed by atoms with Gasteiger partial charge in [0, 0.05) is 11.6 Å². The van der Waals surface area contributed by atoms with Gasteiger partial charge in [0.25, 0.3) is 0 Å². The molecule has 2 aliphatic rings. The molecule has 156 valence electrons. The molecule has 1 fully saturated rings. The molecular weight excluding hydrogens is 386 g/mol. The van der Waals surface area contributed by atoms with Gasteiger partial charge in [0.2, 0.25) is 0 Å². The maximum Gasteiger partial charge on any atom is 0.410 e. The summed E-state index contributed by atoms with van der Waals surface area (Å²) in [5, 5.41) is 0. The summed E-state index contributed by atoms with van der Waals surface area (Å²) in [4.78, 5) is 14.8. The lowest BCUT2D eigenvalue weighted by atomic mass is 9.94. The summed E-state index contributed by atoms with van der Waals surface area (Å²) in [6, 6.07) is 28.0. The predicted octanol–water partition coefficient (Wildman–Crippen LogP) is 6.44. The van der Waals surface area contributed by atoms with Crippen molar-refractivity contribution in [2.24, 2.45) is 0 Å². The molecule has 0 radical (unpaired) electrons. The van der Waals surface area contributed by atoms with Gasteiger partial charge in [-0.25, -0.2) is 4.79 Å². The molecule has 2 heterocycles. The highest BCUT2D eigenvalue weighted by Crippen LogP contribution is 2.42. The van der Waals surface area contributed by atoms with E-state index in [0.717, 1.165) is 41.9 Å².